The van der Waals surface area contributed by atoms with Crippen LogP contribution in [-0.2, 0) is 0 Å². The second-order valence-electron chi connectivity index (χ2n) is 1.36. The highest BCUT2D eigenvalue weighted by atomic mass is 32.1. The minimum absolute atomic E-state index is 0.576. The largest absolute Gasteiger partial charge is 0.242 e. The molecule has 1 rings (SSSR count). The second kappa shape index (κ2) is 2.30. The molecule has 0 aliphatic heterocycles. The number of nitrogens with zero attached hydrogens (tertiary/aromatic N) is 2. The molecule has 3 heteroatoms. The molecule has 1 aromatic heterocycles. The zero-order valence-corrected chi connectivity index (χ0v) is 5.27. The Balaban J connectivity index is 3.08. The van der Waals surface area contributed by atoms with Gasteiger partial charge in [-0.25, -0.2) is 4.85 Å². The molecule has 0 bridgehead atoms. The van der Waals surface area contributed by atoms with Crippen molar-refractivity contribution in [3.63, 3.8) is 0 Å². The van der Waals surface area contributed by atoms with Gasteiger partial charge in [-0.3, -0.25) is 0 Å². The Morgan fingerprint density at radius 2 is 2.44 bits per heavy atom. The van der Waals surface area contributed by atoms with Crippen LogP contribution in [0.15, 0.2) is 12.1 Å². The third-order valence-electron chi connectivity index (χ3n) is 0.812. The Morgan fingerprint density at radius 3 is 2.78 bits per heavy atom. The van der Waals surface area contributed by atoms with Crippen molar-refractivity contribution in [2.24, 2.45) is 0 Å². The van der Waals surface area contributed by atoms with Gasteiger partial charge in [0.15, 0.2) is 0 Å². The van der Waals surface area contributed by atoms with Gasteiger partial charge in [0.25, 0.3) is 0 Å². The molecule has 0 unspecified atom stereocenters. The Kier molecular flexibility index (Phi) is 1.48. The fourth-order valence-electron chi connectivity index (χ4n) is 0.448. The Morgan fingerprint density at radius 1 is 1.67 bits per heavy atom. The van der Waals surface area contributed by atoms with E-state index in [1.165, 1.54) is 11.3 Å². The van der Waals surface area contributed by atoms with Crippen LogP contribution >= 0.6 is 11.3 Å². The molecule has 0 atom stereocenters. The molecule has 0 saturated heterocycles. The zero-order chi connectivity index (χ0) is 6.69. The highest BCUT2D eigenvalue weighted by Gasteiger charge is 1.94. The molecule has 1 aromatic rings. The van der Waals surface area contributed by atoms with Gasteiger partial charge in [0.05, 0.1) is 11.4 Å². The lowest BCUT2D eigenvalue weighted by Crippen LogP contribution is -1.50. The van der Waals surface area contributed by atoms with E-state index in [4.69, 9.17) is 11.8 Å². The minimum atomic E-state index is 0.576. The first kappa shape index (κ1) is 5.81. The van der Waals surface area contributed by atoms with Crippen molar-refractivity contribution in [3.05, 3.63) is 28.4 Å². The summed E-state index contributed by atoms with van der Waals surface area (Å²) in [5, 5.41) is 8.88. The van der Waals surface area contributed by atoms with E-state index in [2.05, 4.69) is 4.85 Å². The maximum atomic E-state index is 8.30. The van der Waals surface area contributed by atoms with E-state index in [9.17, 15) is 0 Å². The van der Waals surface area contributed by atoms with Crippen LogP contribution in [0.5, 0.6) is 0 Å². The third-order valence-corrected chi connectivity index (χ3v) is 1.70. The molecule has 0 aromatic carbocycles. The van der Waals surface area contributed by atoms with Gasteiger partial charge in [-0.15, -0.1) is 11.3 Å². The predicted octanol–water partition coefficient (Wildman–Crippen LogP) is 2.17. The lowest BCUT2D eigenvalue weighted by atomic mass is 10.5. The average Bonchev–Trinajstić information content (AvgIpc) is 2.34. The van der Waals surface area contributed by atoms with Gasteiger partial charge in [-0.05, 0) is 12.1 Å². The molecule has 2 nitrogen and oxygen atoms in total. The third kappa shape index (κ3) is 1.07. The lowest BCUT2D eigenvalue weighted by molar-refractivity contribution is 1.52. The molecule has 0 fully saturated rings. The van der Waals surface area contributed by atoms with Crippen LogP contribution in [0.25, 0.3) is 4.85 Å². The van der Waals surface area contributed by atoms with Crippen LogP contribution in [0.4, 0.5) is 5.00 Å². The molecule has 0 amide bonds. The SMILES string of the molecule is [C-]#[N+]c1ccc(C#N)s1. The molecule has 0 saturated carbocycles. The van der Waals surface area contributed by atoms with Crippen LogP contribution < -0.4 is 0 Å². The normalized spacial score (nSPS) is 7.78. The summed E-state index contributed by atoms with van der Waals surface area (Å²) >= 11 is 1.22. The van der Waals surface area contributed by atoms with Gasteiger partial charge in [-0.1, -0.05) is 0 Å². The average molecular weight is 134 g/mol. The van der Waals surface area contributed by atoms with Crippen LogP contribution in [0, 0.1) is 17.9 Å². The highest BCUT2D eigenvalue weighted by molar-refractivity contribution is 7.16. The maximum absolute atomic E-state index is 8.30. The van der Waals surface area contributed by atoms with Gasteiger partial charge >= 0.3 is 0 Å². The predicted molar refractivity (Wildman–Crippen MR) is 35.3 cm³/mol. The fourth-order valence-corrected chi connectivity index (χ4v) is 1.04. The maximum Gasteiger partial charge on any atom is 0.242 e. The summed E-state index contributed by atoms with van der Waals surface area (Å²) in [7, 11) is 0. The van der Waals surface area contributed by atoms with E-state index in [0.717, 1.165) is 0 Å². The Hall–Kier alpha value is -1.32. The first-order chi connectivity index (χ1) is 4.36. The molecular formula is C6H2N2S. The second-order valence-corrected chi connectivity index (χ2v) is 2.42. The van der Waals surface area contributed by atoms with Crippen molar-refractivity contribution in [1.29, 1.82) is 5.26 Å². The highest BCUT2D eigenvalue weighted by Crippen LogP contribution is 2.23. The van der Waals surface area contributed by atoms with Crippen molar-refractivity contribution < 1.29 is 0 Å². The van der Waals surface area contributed by atoms with Gasteiger partial charge < -0.3 is 0 Å². The minimum Gasteiger partial charge on any atom is -0.227 e. The van der Waals surface area contributed by atoms with Crippen LogP contribution in [0.1, 0.15) is 4.88 Å². The summed E-state index contributed by atoms with van der Waals surface area (Å²) < 4.78 is 0. The fraction of sp³-hybridized carbons (Fsp3) is 0. The van der Waals surface area contributed by atoms with Crippen molar-refractivity contribution in [2.45, 2.75) is 0 Å². The molecule has 42 valence electrons. The summed E-state index contributed by atoms with van der Waals surface area (Å²) in [5.74, 6) is 0. The van der Waals surface area contributed by atoms with Crippen LogP contribution in [-0.4, -0.2) is 0 Å². The number of rotatable bonds is 0. The number of thiophene rings is 1. The molecule has 9 heavy (non-hydrogen) atoms. The zero-order valence-electron chi connectivity index (χ0n) is 4.46. The van der Waals surface area contributed by atoms with E-state index in [1.807, 2.05) is 6.07 Å². The van der Waals surface area contributed by atoms with E-state index in [0.29, 0.717) is 9.88 Å². The van der Waals surface area contributed by atoms with Crippen LogP contribution in [0.3, 0.4) is 0 Å². The molecule has 0 aliphatic carbocycles. The van der Waals surface area contributed by atoms with Gasteiger partial charge in [-0.2, -0.15) is 5.26 Å². The summed E-state index contributed by atoms with van der Waals surface area (Å²) in [6, 6.07) is 5.26. The molecule has 0 N–H and O–H groups in total. The van der Waals surface area contributed by atoms with Gasteiger partial charge in [0.1, 0.15) is 6.07 Å². The Labute approximate surface area is 56.8 Å². The molecule has 0 spiro atoms. The van der Waals surface area contributed by atoms with E-state index < -0.39 is 0 Å². The van der Waals surface area contributed by atoms with Gasteiger partial charge in [0, 0.05) is 0 Å². The van der Waals surface area contributed by atoms with Crippen molar-refractivity contribution in [1.82, 2.24) is 0 Å². The molecule has 0 radical (unpaired) electrons. The summed E-state index contributed by atoms with van der Waals surface area (Å²) in [4.78, 5) is 3.75. The number of hydrogen-bond acceptors (Lipinski definition) is 2. The molecular weight excluding hydrogens is 132 g/mol. The first-order valence-electron chi connectivity index (χ1n) is 2.24. The summed E-state index contributed by atoms with van der Waals surface area (Å²) in [6.45, 7) is 6.56. The summed E-state index contributed by atoms with van der Waals surface area (Å²) in [5.41, 5.74) is 0. The molecule has 0 aliphatic rings. The summed E-state index contributed by atoms with van der Waals surface area (Å²) in [6.07, 6.45) is 0. The van der Waals surface area contributed by atoms with E-state index in [-0.39, 0.29) is 0 Å². The van der Waals surface area contributed by atoms with E-state index >= 15 is 0 Å². The van der Waals surface area contributed by atoms with Crippen LogP contribution in [0.2, 0.25) is 0 Å². The lowest BCUT2D eigenvalue weighted by Gasteiger charge is -1.68. The molecule has 1 heterocycles. The smallest absolute Gasteiger partial charge is 0.227 e. The number of hydrogen-bond donors (Lipinski definition) is 0. The van der Waals surface area contributed by atoms with Crippen molar-refractivity contribution in [2.75, 3.05) is 0 Å². The monoisotopic (exact) mass is 134 g/mol. The topological polar surface area (TPSA) is 28.1 Å². The number of nitriles is 1. The van der Waals surface area contributed by atoms with E-state index in [1.54, 1.807) is 12.1 Å². The van der Waals surface area contributed by atoms with Crippen molar-refractivity contribution >= 4 is 16.3 Å². The standard InChI is InChI=1S/C6H2N2S/c1-8-6-3-2-5(4-7)9-6/h2-3H. The first-order valence-corrected chi connectivity index (χ1v) is 3.06. The quantitative estimate of drug-likeness (QED) is 0.500. The Bertz CT molecular complexity index is 258. The van der Waals surface area contributed by atoms with Gasteiger partial charge in [0.2, 0.25) is 5.00 Å². The van der Waals surface area contributed by atoms with Crippen molar-refractivity contribution in [3.8, 4) is 6.07 Å².